The average Bonchev–Trinajstić information content (AvgIpc) is 3.09. The van der Waals surface area contributed by atoms with Crippen molar-refractivity contribution in [2.75, 3.05) is 10.6 Å². The summed E-state index contributed by atoms with van der Waals surface area (Å²) in [5.41, 5.74) is 0.952. The molecule has 6 N–H and O–H groups in total. The van der Waals surface area contributed by atoms with Crippen molar-refractivity contribution in [3.63, 3.8) is 0 Å². The van der Waals surface area contributed by atoms with Gasteiger partial charge in [0.15, 0.2) is 0 Å². The quantitative estimate of drug-likeness (QED) is 0.151. The number of imidazole rings is 1. The predicted molar refractivity (Wildman–Crippen MR) is 125 cm³/mol. The number of aliphatic hydroxyl groups is 4. The Morgan fingerprint density at radius 1 is 0.758 bits per heavy atom. The van der Waals surface area contributed by atoms with Crippen molar-refractivity contribution in [2.24, 2.45) is 0 Å². The number of aliphatic hydroxyl groups excluding tert-OH is 2. The number of aryl methyl sites for hydroxylation is 4. The molecule has 0 aliphatic carbocycles. The van der Waals surface area contributed by atoms with Crippen LogP contribution in [0.4, 0.5) is 11.9 Å². The molecule has 0 radical (unpaired) electrons. The molecule has 0 saturated carbocycles. The summed E-state index contributed by atoms with van der Waals surface area (Å²) >= 11 is 0. The highest BCUT2D eigenvalue weighted by Crippen LogP contribution is 2.14. The first-order valence-corrected chi connectivity index (χ1v) is 11.9. The second-order valence-electron chi connectivity index (χ2n) is 8.26. The molecule has 2 heterocycles. The van der Waals surface area contributed by atoms with Crippen molar-refractivity contribution in [3.8, 4) is 0 Å². The van der Waals surface area contributed by atoms with Crippen molar-refractivity contribution >= 4 is 11.9 Å². The highest BCUT2D eigenvalue weighted by molar-refractivity contribution is 5.34. The molecule has 0 bridgehead atoms. The number of nitrogens with zero attached hydrogens (tertiary/aromatic N) is 5. The van der Waals surface area contributed by atoms with Crippen LogP contribution in [0.15, 0.2) is 6.20 Å². The Balaban J connectivity index is 1.87. The van der Waals surface area contributed by atoms with Gasteiger partial charge in [0.05, 0.1) is 5.69 Å². The van der Waals surface area contributed by atoms with E-state index in [2.05, 4.69) is 42.1 Å². The van der Waals surface area contributed by atoms with Crippen molar-refractivity contribution in [1.29, 1.82) is 0 Å². The van der Waals surface area contributed by atoms with Gasteiger partial charge in [-0.1, -0.05) is 58.3 Å². The van der Waals surface area contributed by atoms with Gasteiger partial charge in [0, 0.05) is 25.6 Å². The van der Waals surface area contributed by atoms with Crippen LogP contribution in [0.1, 0.15) is 82.1 Å². The van der Waals surface area contributed by atoms with Gasteiger partial charge in [-0.3, -0.25) is 0 Å². The van der Waals surface area contributed by atoms with Gasteiger partial charge in [-0.05, 0) is 13.3 Å². The summed E-state index contributed by atoms with van der Waals surface area (Å²) in [7, 11) is 0. The van der Waals surface area contributed by atoms with Crippen molar-refractivity contribution < 1.29 is 20.4 Å². The molecule has 0 spiro atoms. The van der Waals surface area contributed by atoms with Crippen molar-refractivity contribution in [3.05, 3.63) is 23.5 Å². The first kappa shape index (κ1) is 26.9. The van der Waals surface area contributed by atoms with Crippen LogP contribution < -0.4 is 10.6 Å². The molecule has 2 rings (SSSR count). The van der Waals surface area contributed by atoms with E-state index >= 15 is 0 Å². The molecule has 11 nitrogen and oxygen atoms in total. The summed E-state index contributed by atoms with van der Waals surface area (Å²) in [4.78, 5) is 16.9. The summed E-state index contributed by atoms with van der Waals surface area (Å²) in [6.45, 7) is 4.79. The maximum absolute atomic E-state index is 9.11. The van der Waals surface area contributed by atoms with E-state index in [-0.39, 0.29) is 11.9 Å². The third-order valence-electron chi connectivity index (χ3n) is 5.26. The van der Waals surface area contributed by atoms with Gasteiger partial charge in [0.25, 0.3) is 0 Å². The smallest absolute Gasteiger partial charge is 0.235 e. The Labute approximate surface area is 195 Å². The lowest BCUT2D eigenvalue weighted by molar-refractivity contribution is -0.0155. The van der Waals surface area contributed by atoms with Crippen LogP contribution in [-0.4, -0.2) is 57.8 Å². The molecule has 0 fully saturated rings. The molecule has 0 saturated heterocycles. The fourth-order valence-corrected chi connectivity index (χ4v) is 3.70. The molecule has 0 aliphatic heterocycles. The van der Waals surface area contributed by atoms with E-state index in [1.54, 1.807) is 0 Å². The number of anilines is 2. The Kier molecular flexibility index (Phi) is 12.0. The maximum atomic E-state index is 9.11. The lowest BCUT2D eigenvalue weighted by Gasteiger charge is -2.12. The van der Waals surface area contributed by atoms with Gasteiger partial charge in [-0.15, -0.1) is 0 Å². The van der Waals surface area contributed by atoms with E-state index in [1.807, 2.05) is 13.1 Å². The zero-order chi connectivity index (χ0) is 24.1. The van der Waals surface area contributed by atoms with E-state index in [1.165, 1.54) is 51.4 Å². The third-order valence-corrected chi connectivity index (χ3v) is 5.26. The second-order valence-corrected chi connectivity index (χ2v) is 8.26. The van der Waals surface area contributed by atoms with Crippen LogP contribution in [0, 0.1) is 6.92 Å². The predicted octanol–water partition coefficient (Wildman–Crippen LogP) is 2.05. The topological polar surface area (TPSA) is 161 Å². The van der Waals surface area contributed by atoms with E-state index in [0.29, 0.717) is 18.8 Å². The molecule has 33 heavy (non-hydrogen) atoms. The van der Waals surface area contributed by atoms with E-state index in [4.69, 9.17) is 20.4 Å². The third kappa shape index (κ3) is 10.9. The molecule has 186 valence electrons. The largest absolute Gasteiger partial charge is 0.351 e. The fraction of sp³-hybridized carbons (Fsp3) is 0.727. The highest BCUT2D eigenvalue weighted by Gasteiger charge is 2.12. The molecule has 0 unspecified atom stereocenters. The standard InChI is InChI=1S/C22H39N7O4/c1-3-4-5-6-7-8-9-10-11-12-18-23-16(2)15-29(18)14-13-17-24-19(27-21(30)31)26-20(25-17)28-22(32)33/h15,21-22,30-33H,3-14H2,1-2H3,(H2,24,25,26,27,28). The molecule has 11 heteroatoms. The van der Waals surface area contributed by atoms with Crippen LogP contribution in [0.5, 0.6) is 0 Å². The van der Waals surface area contributed by atoms with Gasteiger partial charge < -0.3 is 35.6 Å². The Hall–Kier alpha value is -2.34. The minimum Gasteiger partial charge on any atom is -0.351 e. The first-order valence-electron chi connectivity index (χ1n) is 11.9. The number of nitrogens with one attached hydrogen (secondary N) is 2. The summed E-state index contributed by atoms with van der Waals surface area (Å²) < 4.78 is 2.09. The van der Waals surface area contributed by atoms with E-state index in [0.717, 1.165) is 24.4 Å². The first-order chi connectivity index (χ1) is 15.9. The van der Waals surface area contributed by atoms with Gasteiger partial charge >= 0.3 is 0 Å². The minimum atomic E-state index is -1.86. The van der Waals surface area contributed by atoms with Gasteiger partial charge in [0.1, 0.15) is 11.6 Å². The van der Waals surface area contributed by atoms with E-state index in [9.17, 15) is 0 Å². The number of unbranched alkanes of at least 4 members (excludes halogenated alkanes) is 8. The fourth-order valence-electron chi connectivity index (χ4n) is 3.70. The zero-order valence-electron chi connectivity index (χ0n) is 19.7. The Bertz CT molecular complexity index is 786. The van der Waals surface area contributed by atoms with Crippen molar-refractivity contribution in [1.82, 2.24) is 24.5 Å². The summed E-state index contributed by atoms with van der Waals surface area (Å²) in [6.07, 6.45) is 11.1. The molecule has 0 amide bonds. The molecule has 0 atom stereocenters. The van der Waals surface area contributed by atoms with Gasteiger partial charge in [0.2, 0.25) is 24.7 Å². The van der Waals surface area contributed by atoms with Crippen LogP contribution in [0.2, 0.25) is 0 Å². The van der Waals surface area contributed by atoms with E-state index < -0.39 is 12.8 Å². The normalized spacial score (nSPS) is 11.5. The average molecular weight is 466 g/mol. The van der Waals surface area contributed by atoms with Crippen LogP contribution in [-0.2, 0) is 19.4 Å². The zero-order valence-corrected chi connectivity index (χ0v) is 19.7. The minimum absolute atomic E-state index is 0.0881. The molecular formula is C22H39N7O4. The Morgan fingerprint density at radius 3 is 1.85 bits per heavy atom. The molecule has 2 aromatic heterocycles. The summed E-state index contributed by atoms with van der Waals surface area (Å²) in [5.74, 6) is 1.21. The van der Waals surface area contributed by atoms with Crippen LogP contribution >= 0.6 is 0 Å². The molecular weight excluding hydrogens is 426 g/mol. The number of hydrogen-bond acceptors (Lipinski definition) is 10. The number of rotatable bonds is 17. The monoisotopic (exact) mass is 465 g/mol. The number of hydrogen-bond donors (Lipinski definition) is 6. The number of aromatic nitrogens is 5. The lowest BCUT2D eigenvalue weighted by Crippen LogP contribution is -2.23. The highest BCUT2D eigenvalue weighted by atomic mass is 16.5. The van der Waals surface area contributed by atoms with Crippen LogP contribution in [0.3, 0.4) is 0 Å². The molecule has 0 aliphatic rings. The lowest BCUT2D eigenvalue weighted by atomic mass is 10.1. The Morgan fingerprint density at radius 2 is 1.30 bits per heavy atom. The summed E-state index contributed by atoms with van der Waals surface area (Å²) in [5, 5.41) is 41.0. The SMILES string of the molecule is CCCCCCCCCCCc1nc(C)cn1CCc1nc(NC(O)O)nc(NC(O)O)n1. The molecule has 2 aromatic rings. The second kappa shape index (κ2) is 14.7. The van der Waals surface area contributed by atoms with Gasteiger partial charge in [-0.2, -0.15) is 15.0 Å². The van der Waals surface area contributed by atoms with Gasteiger partial charge in [-0.25, -0.2) is 4.98 Å². The van der Waals surface area contributed by atoms with Crippen LogP contribution in [0.25, 0.3) is 0 Å². The molecule has 0 aromatic carbocycles. The summed E-state index contributed by atoms with van der Waals surface area (Å²) in [6, 6.07) is 0. The maximum Gasteiger partial charge on any atom is 0.235 e. The van der Waals surface area contributed by atoms with Crippen molar-refractivity contribution in [2.45, 2.75) is 104 Å².